The Kier molecular flexibility index (Phi) is 3.71. The van der Waals surface area contributed by atoms with Gasteiger partial charge in [0.15, 0.2) is 9.84 Å². The molecule has 1 aliphatic rings. The molecular weight excluding hydrogens is 266 g/mol. The predicted octanol–water partition coefficient (Wildman–Crippen LogP) is 1.37. The minimum atomic E-state index is -2.89. The predicted molar refractivity (Wildman–Crippen MR) is 72.0 cm³/mol. The normalized spacial score (nSPS) is 21.5. The lowest BCUT2D eigenvalue weighted by Gasteiger charge is -2.09. The number of furan rings is 1. The first kappa shape index (κ1) is 14.1. The van der Waals surface area contributed by atoms with E-state index in [1.165, 1.54) is 0 Å². The summed E-state index contributed by atoms with van der Waals surface area (Å²) in [6.45, 7) is 5.83. The van der Waals surface area contributed by atoms with E-state index in [0.717, 1.165) is 11.3 Å². The van der Waals surface area contributed by atoms with Crippen LogP contribution in [0.3, 0.4) is 0 Å². The van der Waals surface area contributed by atoms with Crippen LogP contribution >= 0.6 is 0 Å². The highest BCUT2D eigenvalue weighted by atomic mass is 32.2. The summed E-state index contributed by atoms with van der Waals surface area (Å²) in [6, 6.07) is 0. The highest BCUT2D eigenvalue weighted by molar-refractivity contribution is 7.91. The van der Waals surface area contributed by atoms with Crippen molar-refractivity contribution in [1.29, 1.82) is 0 Å². The Bertz CT molecular complexity index is 600. The third-order valence-electron chi connectivity index (χ3n) is 3.67. The highest BCUT2D eigenvalue weighted by Crippen LogP contribution is 2.21. The average Bonchev–Trinajstić information content (AvgIpc) is 2.77. The van der Waals surface area contributed by atoms with Crippen molar-refractivity contribution in [2.75, 3.05) is 18.1 Å². The minimum absolute atomic E-state index is 0.0301. The molecule has 2 rings (SSSR count). The van der Waals surface area contributed by atoms with Gasteiger partial charge in [-0.25, -0.2) is 8.42 Å². The molecule has 1 aliphatic heterocycles. The maximum Gasteiger partial charge on any atom is 0.255 e. The second-order valence-corrected chi connectivity index (χ2v) is 7.42. The van der Waals surface area contributed by atoms with Gasteiger partial charge in [-0.05, 0) is 33.1 Å². The van der Waals surface area contributed by atoms with Gasteiger partial charge >= 0.3 is 0 Å². The smallest absolute Gasteiger partial charge is 0.255 e. The van der Waals surface area contributed by atoms with Crippen molar-refractivity contribution >= 4 is 15.7 Å². The lowest BCUT2D eigenvalue weighted by Crippen LogP contribution is -2.30. The van der Waals surface area contributed by atoms with E-state index in [2.05, 4.69) is 5.32 Å². The second kappa shape index (κ2) is 5.00. The van der Waals surface area contributed by atoms with Crippen LogP contribution in [0.5, 0.6) is 0 Å². The third-order valence-corrected chi connectivity index (χ3v) is 5.50. The van der Waals surface area contributed by atoms with Crippen molar-refractivity contribution in [3.8, 4) is 0 Å². The molecule has 5 nitrogen and oxygen atoms in total. The zero-order chi connectivity index (χ0) is 14.2. The summed E-state index contributed by atoms with van der Waals surface area (Å²) in [7, 11) is -2.89. The summed E-state index contributed by atoms with van der Waals surface area (Å²) in [6.07, 6.45) is 0.630. The van der Waals surface area contributed by atoms with Crippen LogP contribution in [-0.2, 0) is 9.84 Å². The average molecular weight is 285 g/mol. The van der Waals surface area contributed by atoms with E-state index in [9.17, 15) is 13.2 Å². The van der Waals surface area contributed by atoms with Crippen LogP contribution in [0.15, 0.2) is 4.42 Å². The van der Waals surface area contributed by atoms with E-state index in [1.807, 2.05) is 13.8 Å². The van der Waals surface area contributed by atoms with Gasteiger partial charge in [0.2, 0.25) is 0 Å². The molecule has 0 radical (unpaired) electrons. The molecule has 1 fully saturated rings. The van der Waals surface area contributed by atoms with Crippen molar-refractivity contribution in [3.05, 3.63) is 22.6 Å². The standard InChI is InChI=1S/C13H19NO4S/c1-8-9(2)18-10(3)12(8)13(15)14-6-11-4-5-19(16,17)7-11/h11H,4-7H2,1-3H3,(H,14,15). The van der Waals surface area contributed by atoms with Gasteiger partial charge in [-0.2, -0.15) is 0 Å². The molecule has 0 aromatic carbocycles. The second-order valence-electron chi connectivity index (χ2n) is 5.19. The van der Waals surface area contributed by atoms with Crippen LogP contribution in [0.25, 0.3) is 0 Å². The largest absolute Gasteiger partial charge is 0.466 e. The van der Waals surface area contributed by atoms with Gasteiger partial charge in [-0.3, -0.25) is 4.79 Å². The topological polar surface area (TPSA) is 76.4 Å². The number of carbonyl (C=O) groups is 1. The molecule has 0 aliphatic carbocycles. The first-order valence-electron chi connectivity index (χ1n) is 6.35. The molecule has 1 N–H and O–H groups in total. The monoisotopic (exact) mass is 285 g/mol. The molecule has 1 saturated heterocycles. The summed E-state index contributed by atoms with van der Waals surface area (Å²) < 4.78 is 28.1. The Morgan fingerprint density at radius 3 is 2.47 bits per heavy atom. The van der Waals surface area contributed by atoms with Crippen LogP contribution in [-0.4, -0.2) is 32.4 Å². The van der Waals surface area contributed by atoms with Crippen molar-refractivity contribution in [2.24, 2.45) is 5.92 Å². The van der Waals surface area contributed by atoms with Crippen LogP contribution in [0.4, 0.5) is 0 Å². The first-order chi connectivity index (χ1) is 8.80. The zero-order valence-electron chi connectivity index (χ0n) is 11.4. The molecule has 2 heterocycles. The number of nitrogens with one attached hydrogen (secondary N) is 1. The highest BCUT2D eigenvalue weighted by Gasteiger charge is 2.28. The number of carbonyl (C=O) groups excluding carboxylic acids is 1. The molecule has 0 bridgehead atoms. The number of hydrogen-bond acceptors (Lipinski definition) is 4. The minimum Gasteiger partial charge on any atom is -0.466 e. The van der Waals surface area contributed by atoms with E-state index in [0.29, 0.717) is 24.3 Å². The molecule has 106 valence electrons. The molecule has 0 saturated carbocycles. The van der Waals surface area contributed by atoms with Gasteiger partial charge < -0.3 is 9.73 Å². The fourth-order valence-corrected chi connectivity index (χ4v) is 4.35. The number of amides is 1. The number of hydrogen-bond donors (Lipinski definition) is 1. The Morgan fingerprint density at radius 1 is 1.32 bits per heavy atom. The summed E-state index contributed by atoms with van der Waals surface area (Å²) in [5.41, 5.74) is 1.41. The quantitative estimate of drug-likeness (QED) is 0.910. The lowest BCUT2D eigenvalue weighted by molar-refractivity contribution is 0.0946. The maximum absolute atomic E-state index is 12.1. The molecule has 6 heteroatoms. The number of rotatable bonds is 3. The van der Waals surface area contributed by atoms with Gasteiger partial charge in [0.05, 0.1) is 17.1 Å². The SMILES string of the molecule is Cc1oc(C)c(C(=O)NCC2CCS(=O)(=O)C2)c1C. The van der Waals surface area contributed by atoms with Crippen molar-refractivity contribution < 1.29 is 17.6 Å². The van der Waals surface area contributed by atoms with Crippen LogP contribution in [0.1, 0.15) is 33.9 Å². The van der Waals surface area contributed by atoms with Gasteiger partial charge in [0.25, 0.3) is 5.91 Å². The first-order valence-corrected chi connectivity index (χ1v) is 8.17. The zero-order valence-corrected chi connectivity index (χ0v) is 12.3. The molecule has 1 aromatic rings. The molecule has 1 unspecified atom stereocenters. The Morgan fingerprint density at radius 2 is 2.00 bits per heavy atom. The van der Waals surface area contributed by atoms with Crippen molar-refractivity contribution in [3.63, 3.8) is 0 Å². The third kappa shape index (κ3) is 3.00. The van der Waals surface area contributed by atoms with Gasteiger partial charge in [0, 0.05) is 12.1 Å². The number of aryl methyl sites for hydroxylation is 2. The summed E-state index contributed by atoms with van der Waals surface area (Å²) in [5, 5.41) is 2.81. The van der Waals surface area contributed by atoms with Gasteiger partial charge in [-0.15, -0.1) is 0 Å². The van der Waals surface area contributed by atoms with Crippen LogP contribution in [0.2, 0.25) is 0 Å². The van der Waals surface area contributed by atoms with Gasteiger partial charge in [-0.1, -0.05) is 0 Å². The summed E-state index contributed by atoms with van der Waals surface area (Å²) in [5.74, 6) is 1.60. The van der Waals surface area contributed by atoms with Crippen LogP contribution in [0, 0.1) is 26.7 Å². The van der Waals surface area contributed by atoms with E-state index >= 15 is 0 Å². The Labute approximate surface area is 113 Å². The van der Waals surface area contributed by atoms with E-state index in [4.69, 9.17) is 4.42 Å². The fourth-order valence-electron chi connectivity index (χ4n) is 2.49. The van der Waals surface area contributed by atoms with Crippen LogP contribution < -0.4 is 5.32 Å². The van der Waals surface area contributed by atoms with Gasteiger partial charge in [0.1, 0.15) is 11.5 Å². The summed E-state index contributed by atoms with van der Waals surface area (Å²) >= 11 is 0. The van der Waals surface area contributed by atoms with Crippen molar-refractivity contribution in [2.45, 2.75) is 27.2 Å². The van der Waals surface area contributed by atoms with E-state index in [-0.39, 0.29) is 23.3 Å². The molecule has 1 aromatic heterocycles. The molecule has 0 spiro atoms. The maximum atomic E-state index is 12.1. The fraction of sp³-hybridized carbons (Fsp3) is 0.615. The Balaban J connectivity index is 1.99. The van der Waals surface area contributed by atoms with Crippen molar-refractivity contribution in [1.82, 2.24) is 5.32 Å². The summed E-state index contributed by atoms with van der Waals surface area (Å²) in [4.78, 5) is 12.1. The molecule has 1 atom stereocenters. The molecular formula is C13H19NO4S. The molecule has 19 heavy (non-hydrogen) atoms. The molecule has 1 amide bonds. The van der Waals surface area contributed by atoms with E-state index in [1.54, 1.807) is 6.92 Å². The van der Waals surface area contributed by atoms with E-state index < -0.39 is 9.84 Å². The number of sulfone groups is 1. The lowest BCUT2D eigenvalue weighted by atomic mass is 10.1. The Hall–Kier alpha value is -1.30.